The third kappa shape index (κ3) is 5.88. The van der Waals surface area contributed by atoms with Crippen LogP contribution in [0.25, 0.3) is 11.1 Å². The van der Waals surface area contributed by atoms with Crippen molar-refractivity contribution in [3.05, 3.63) is 65.2 Å². The number of carbonyl (C=O) groups excluding carboxylic acids is 1. The van der Waals surface area contributed by atoms with Gasteiger partial charge in [0.1, 0.15) is 28.5 Å². The number of thioether (sulfide) groups is 1. The summed E-state index contributed by atoms with van der Waals surface area (Å²) in [5.74, 6) is 1.13. The number of pyridine rings is 1. The van der Waals surface area contributed by atoms with Crippen LogP contribution >= 0.6 is 11.8 Å². The molecule has 0 saturated heterocycles. The molecule has 0 fully saturated rings. The van der Waals surface area contributed by atoms with E-state index >= 15 is 0 Å². The minimum Gasteiger partial charge on any atom is -0.493 e. The highest BCUT2D eigenvalue weighted by atomic mass is 32.2. The zero-order chi connectivity index (χ0) is 26.1. The lowest BCUT2D eigenvalue weighted by molar-refractivity contribution is -0.120. The van der Waals surface area contributed by atoms with E-state index < -0.39 is 5.25 Å². The summed E-state index contributed by atoms with van der Waals surface area (Å²) < 4.78 is 10.6. The third-order valence-corrected chi connectivity index (χ3v) is 6.91. The number of methoxy groups -OCH3 is 2. The number of amides is 1. The average molecular weight is 502 g/mol. The van der Waals surface area contributed by atoms with Crippen molar-refractivity contribution in [1.82, 2.24) is 10.3 Å². The Morgan fingerprint density at radius 3 is 2.39 bits per heavy atom. The van der Waals surface area contributed by atoms with Gasteiger partial charge in [0.15, 0.2) is 11.5 Å². The van der Waals surface area contributed by atoms with E-state index in [2.05, 4.69) is 22.4 Å². The molecular weight excluding hydrogens is 474 g/mol. The van der Waals surface area contributed by atoms with Crippen molar-refractivity contribution in [2.24, 2.45) is 0 Å². The Labute approximate surface area is 215 Å². The molecule has 3 N–H and O–H groups in total. The molecule has 0 aliphatic carbocycles. The second kappa shape index (κ2) is 12.5. The Morgan fingerprint density at radius 2 is 1.78 bits per heavy atom. The standard InChI is InChI=1S/C27H27N5O3S/c1-4-23(26(33)31-13-12-17-10-11-21(34-2)22(14-17)35-3)36-27-20(16-29)24(18-8-6-5-7-9-18)19(15-28)25(30)32-27/h5-11,14,23H,4,12-13H2,1-3H3,(H2,30,32)(H,31,33). The molecule has 1 aromatic heterocycles. The summed E-state index contributed by atoms with van der Waals surface area (Å²) in [6, 6.07) is 19.0. The van der Waals surface area contributed by atoms with E-state index in [1.54, 1.807) is 14.2 Å². The highest BCUT2D eigenvalue weighted by Crippen LogP contribution is 2.37. The normalized spacial score (nSPS) is 11.1. The number of carbonyl (C=O) groups is 1. The van der Waals surface area contributed by atoms with Gasteiger partial charge in [-0.1, -0.05) is 55.1 Å². The number of nitrogens with zero attached hydrogens (tertiary/aromatic N) is 3. The van der Waals surface area contributed by atoms with E-state index in [1.807, 2.05) is 55.5 Å². The zero-order valence-electron chi connectivity index (χ0n) is 20.4. The molecular formula is C27H27N5O3S. The number of hydrogen-bond donors (Lipinski definition) is 2. The van der Waals surface area contributed by atoms with Gasteiger partial charge in [-0.2, -0.15) is 10.5 Å². The summed E-state index contributed by atoms with van der Waals surface area (Å²) in [5.41, 5.74) is 8.59. The summed E-state index contributed by atoms with van der Waals surface area (Å²) in [4.78, 5) is 17.3. The van der Waals surface area contributed by atoms with Crippen LogP contribution < -0.4 is 20.5 Å². The Hall–Kier alpha value is -4.21. The number of hydrogen-bond acceptors (Lipinski definition) is 8. The minimum absolute atomic E-state index is 0.0292. The second-order valence-corrected chi connectivity index (χ2v) is 8.95. The number of nitrogens with two attached hydrogens (primary N) is 1. The molecule has 0 saturated carbocycles. The van der Waals surface area contributed by atoms with Crippen molar-refractivity contribution >= 4 is 23.5 Å². The van der Waals surface area contributed by atoms with Crippen molar-refractivity contribution in [1.29, 1.82) is 10.5 Å². The van der Waals surface area contributed by atoms with Gasteiger partial charge in [0, 0.05) is 12.1 Å². The molecule has 1 unspecified atom stereocenters. The van der Waals surface area contributed by atoms with Gasteiger partial charge in [-0.05, 0) is 36.1 Å². The molecule has 1 amide bonds. The fourth-order valence-electron chi connectivity index (χ4n) is 3.71. The predicted molar refractivity (Wildman–Crippen MR) is 140 cm³/mol. The predicted octanol–water partition coefficient (Wildman–Crippen LogP) is 4.32. The molecule has 0 spiro atoms. The molecule has 1 heterocycles. The Morgan fingerprint density at radius 1 is 1.08 bits per heavy atom. The van der Waals surface area contributed by atoms with Crippen LogP contribution in [-0.2, 0) is 11.2 Å². The molecule has 9 heteroatoms. The van der Waals surface area contributed by atoms with Crippen molar-refractivity contribution in [3.8, 4) is 34.8 Å². The number of nitriles is 2. The fourth-order valence-corrected chi connectivity index (χ4v) is 4.76. The number of rotatable bonds is 10. The Kier molecular flexibility index (Phi) is 9.15. The fraction of sp³-hybridized carbons (Fsp3) is 0.259. The van der Waals surface area contributed by atoms with Gasteiger partial charge >= 0.3 is 0 Å². The summed E-state index contributed by atoms with van der Waals surface area (Å²) in [6.45, 7) is 2.32. The highest BCUT2D eigenvalue weighted by Gasteiger charge is 2.25. The van der Waals surface area contributed by atoms with Gasteiger partial charge in [-0.3, -0.25) is 4.79 Å². The zero-order valence-corrected chi connectivity index (χ0v) is 21.2. The first kappa shape index (κ1) is 26.4. The van der Waals surface area contributed by atoms with Gasteiger partial charge in [0.2, 0.25) is 5.91 Å². The maximum absolute atomic E-state index is 13.0. The number of nitrogens with one attached hydrogen (secondary N) is 1. The van der Waals surface area contributed by atoms with E-state index in [1.165, 1.54) is 11.8 Å². The van der Waals surface area contributed by atoms with Crippen LogP contribution in [-0.4, -0.2) is 36.9 Å². The quantitative estimate of drug-likeness (QED) is 0.392. The highest BCUT2D eigenvalue weighted by molar-refractivity contribution is 8.00. The van der Waals surface area contributed by atoms with Crippen LogP contribution in [0.15, 0.2) is 53.6 Å². The van der Waals surface area contributed by atoms with Crippen molar-refractivity contribution < 1.29 is 14.3 Å². The van der Waals surface area contributed by atoms with Gasteiger partial charge in [-0.25, -0.2) is 4.98 Å². The van der Waals surface area contributed by atoms with Crippen LogP contribution in [0.3, 0.4) is 0 Å². The molecule has 0 aliphatic rings. The summed E-state index contributed by atoms with van der Waals surface area (Å²) in [6.07, 6.45) is 1.12. The first-order valence-electron chi connectivity index (χ1n) is 11.3. The maximum atomic E-state index is 13.0. The summed E-state index contributed by atoms with van der Waals surface area (Å²) in [5, 5.41) is 22.4. The molecule has 2 aromatic carbocycles. The first-order valence-corrected chi connectivity index (χ1v) is 12.2. The smallest absolute Gasteiger partial charge is 0.233 e. The van der Waals surface area contributed by atoms with Crippen LogP contribution in [0.5, 0.6) is 11.5 Å². The summed E-state index contributed by atoms with van der Waals surface area (Å²) in [7, 11) is 3.16. The lowest BCUT2D eigenvalue weighted by atomic mass is 9.97. The van der Waals surface area contributed by atoms with Crippen molar-refractivity contribution in [3.63, 3.8) is 0 Å². The first-order chi connectivity index (χ1) is 17.5. The minimum atomic E-state index is -0.494. The number of anilines is 1. The number of ether oxygens (including phenoxy) is 2. The van der Waals surface area contributed by atoms with E-state index in [0.29, 0.717) is 47.0 Å². The van der Waals surface area contributed by atoms with Crippen molar-refractivity contribution in [2.45, 2.75) is 30.0 Å². The van der Waals surface area contributed by atoms with Crippen molar-refractivity contribution in [2.75, 3.05) is 26.5 Å². The Balaban J connectivity index is 1.79. The molecule has 36 heavy (non-hydrogen) atoms. The SMILES string of the molecule is CCC(Sc1nc(N)c(C#N)c(-c2ccccc2)c1C#N)C(=O)NCCc1ccc(OC)c(OC)c1. The topological polar surface area (TPSA) is 134 Å². The number of benzene rings is 2. The third-order valence-electron chi connectivity index (χ3n) is 5.56. The van der Waals surface area contributed by atoms with Gasteiger partial charge in [-0.15, -0.1) is 0 Å². The molecule has 184 valence electrons. The molecule has 1 atom stereocenters. The molecule has 0 bridgehead atoms. The molecule has 0 radical (unpaired) electrons. The van der Waals surface area contributed by atoms with Crippen LogP contribution in [0.4, 0.5) is 5.82 Å². The average Bonchev–Trinajstić information content (AvgIpc) is 2.91. The van der Waals surface area contributed by atoms with Gasteiger partial charge < -0.3 is 20.5 Å². The summed E-state index contributed by atoms with van der Waals surface area (Å²) >= 11 is 1.18. The molecule has 3 aromatic rings. The second-order valence-electron chi connectivity index (χ2n) is 7.76. The number of aromatic nitrogens is 1. The lowest BCUT2D eigenvalue weighted by Crippen LogP contribution is -2.33. The largest absolute Gasteiger partial charge is 0.493 e. The Bertz CT molecular complexity index is 1320. The number of nitrogen functional groups attached to an aromatic ring is 1. The van der Waals surface area contributed by atoms with Gasteiger partial charge in [0.05, 0.1) is 25.0 Å². The monoisotopic (exact) mass is 501 g/mol. The van der Waals surface area contributed by atoms with Crippen LogP contribution in [0, 0.1) is 22.7 Å². The molecule has 0 aliphatic heterocycles. The van der Waals surface area contributed by atoms with Crippen LogP contribution in [0.1, 0.15) is 30.0 Å². The molecule has 3 rings (SSSR count). The maximum Gasteiger partial charge on any atom is 0.233 e. The van der Waals surface area contributed by atoms with E-state index in [9.17, 15) is 15.3 Å². The van der Waals surface area contributed by atoms with E-state index in [0.717, 1.165) is 5.56 Å². The van der Waals surface area contributed by atoms with Crippen LogP contribution in [0.2, 0.25) is 0 Å². The van der Waals surface area contributed by atoms with E-state index in [4.69, 9.17) is 15.2 Å². The van der Waals surface area contributed by atoms with E-state index in [-0.39, 0.29) is 22.9 Å². The molecule has 8 nitrogen and oxygen atoms in total. The van der Waals surface area contributed by atoms with Gasteiger partial charge in [0.25, 0.3) is 0 Å². The lowest BCUT2D eigenvalue weighted by Gasteiger charge is -2.17.